The first-order chi connectivity index (χ1) is 9.08. The lowest BCUT2D eigenvalue weighted by atomic mass is 10.1. The average Bonchev–Trinajstić information content (AvgIpc) is 2.36. The van der Waals surface area contributed by atoms with E-state index in [0.717, 1.165) is 18.5 Å². The van der Waals surface area contributed by atoms with Gasteiger partial charge in [0.05, 0.1) is 6.54 Å². The standard InChI is InChI=1S/C14H22FN3O/c1-18(2)10-9-17-14(19)11-16-8-7-12-3-5-13(15)6-4-12/h3-6,16H,7-11H2,1-2H3,(H,17,19). The van der Waals surface area contributed by atoms with Crippen LogP contribution in [0.25, 0.3) is 0 Å². The lowest BCUT2D eigenvalue weighted by Crippen LogP contribution is -2.37. The SMILES string of the molecule is CN(C)CCNC(=O)CNCCc1ccc(F)cc1. The summed E-state index contributed by atoms with van der Waals surface area (Å²) in [6.07, 6.45) is 0.783. The second kappa shape index (κ2) is 8.61. The van der Waals surface area contributed by atoms with Gasteiger partial charge in [0.1, 0.15) is 5.82 Å². The van der Waals surface area contributed by atoms with Gasteiger partial charge in [-0.25, -0.2) is 4.39 Å². The van der Waals surface area contributed by atoms with Gasteiger partial charge in [-0.1, -0.05) is 12.1 Å². The number of rotatable bonds is 8. The fraction of sp³-hybridized carbons (Fsp3) is 0.500. The van der Waals surface area contributed by atoms with Crippen molar-refractivity contribution in [2.75, 3.05) is 40.3 Å². The molecule has 0 radical (unpaired) electrons. The molecule has 0 aliphatic carbocycles. The predicted molar refractivity (Wildman–Crippen MR) is 74.5 cm³/mol. The lowest BCUT2D eigenvalue weighted by Gasteiger charge is -2.10. The third-order valence-electron chi connectivity index (χ3n) is 2.67. The largest absolute Gasteiger partial charge is 0.354 e. The number of likely N-dealkylation sites (N-methyl/N-ethyl adjacent to an activating group) is 1. The molecular formula is C14H22FN3O. The van der Waals surface area contributed by atoms with Crippen LogP contribution in [0, 0.1) is 5.82 Å². The zero-order chi connectivity index (χ0) is 14.1. The Balaban J connectivity index is 2.07. The minimum absolute atomic E-state index is 0.000885. The number of amides is 1. The van der Waals surface area contributed by atoms with Crippen molar-refractivity contribution in [3.05, 3.63) is 35.6 Å². The second-order valence-electron chi connectivity index (χ2n) is 4.71. The maximum Gasteiger partial charge on any atom is 0.234 e. The molecule has 1 aromatic rings. The second-order valence-corrected chi connectivity index (χ2v) is 4.71. The Morgan fingerprint density at radius 3 is 2.53 bits per heavy atom. The molecule has 0 heterocycles. The maximum atomic E-state index is 12.7. The molecule has 0 spiro atoms. The summed E-state index contributed by atoms with van der Waals surface area (Å²) in [6.45, 7) is 2.51. The van der Waals surface area contributed by atoms with Crippen LogP contribution in [-0.4, -0.2) is 51.1 Å². The summed E-state index contributed by atoms with van der Waals surface area (Å²) in [6, 6.07) is 6.41. The maximum absolute atomic E-state index is 12.7. The van der Waals surface area contributed by atoms with E-state index in [1.807, 2.05) is 19.0 Å². The smallest absolute Gasteiger partial charge is 0.234 e. The van der Waals surface area contributed by atoms with Gasteiger partial charge in [-0.3, -0.25) is 4.79 Å². The number of carbonyl (C=O) groups excluding carboxylic acids is 1. The lowest BCUT2D eigenvalue weighted by molar-refractivity contribution is -0.120. The summed E-state index contributed by atoms with van der Waals surface area (Å²) >= 11 is 0. The van der Waals surface area contributed by atoms with E-state index in [0.29, 0.717) is 19.6 Å². The summed E-state index contributed by atoms with van der Waals surface area (Å²) in [5.74, 6) is -0.224. The molecule has 0 aliphatic rings. The van der Waals surface area contributed by atoms with Crippen LogP contribution >= 0.6 is 0 Å². The van der Waals surface area contributed by atoms with Gasteiger partial charge in [0.25, 0.3) is 0 Å². The molecule has 0 saturated heterocycles. The minimum Gasteiger partial charge on any atom is -0.354 e. The van der Waals surface area contributed by atoms with E-state index in [1.54, 1.807) is 12.1 Å². The van der Waals surface area contributed by atoms with Gasteiger partial charge in [0.2, 0.25) is 5.91 Å². The Kier molecular flexibility index (Phi) is 7.07. The van der Waals surface area contributed by atoms with Gasteiger partial charge in [0, 0.05) is 13.1 Å². The number of hydrogen-bond donors (Lipinski definition) is 2. The zero-order valence-corrected chi connectivity index (χ0v) is 11.6. The number of halogens is 1. The van der Waals surface area contributed by atoms with Crippen molar-refractivity contribution in [3.63, 3.8) is 0 Å². The van der Waals surface area contributed by atoms with Crippen molar-refractivity contribution in [3.8, 4) is 0 Å². The van der Waals surface area contributed by atoms with E-state index >= 15 is 0 Å². The molecule has 4 nitrogen and oxygen atoms in total. The van der Waals surface area contributed by atoms with Crippen molar-refractivity contribution in [2.45, 2.75) is 6.42 Å². The Labute approximate surface area is 114 Å². The molecule has 0 fully saturated rings. The van der Waals surface area contributed by atoms with E-state index in [4.69, 9.17) is 0 Å². The van der Waals surface area contributed by atoms with Crippen molar-refractivity contribution in [1.29, 1.82) is 0 Å². The summed E-state index contributed by atoms with van der Waals surface area (Å²) < 4.78 is 12.7. The van der Waals surface area contributed by atoms with E-state index in [-0.39, 0.29) is 11.7 Å². The van der Waals surface area contributed by atoms with Gasteiger partial charge in [-0.2, -0.15) is 0 Å². The highest BCUT2D eigenvalue weighted by atomic mass is 19.1. The van der Waals surface area contributed by atoms with Crippen LogP contribution in [0.5, 0.6) is 0 Å². The molecule has 0 atom stereocenters. The number of benzene rings is 1. The molecule has 2 N–H and O–H groups in total. The van der Waals surface area contributed by atoms with E-state index < -0.39 is 0 Å². The summed E-state index contributed by atoms with van der Waals surface area (Å²) in [5.41, 5.74) is 1.06. The highest BCUT2D eigenvalue weighted by Gasteiger charge is 2.00. The number of hydrogen-bond acceptors (Lipinski definition) is 3. The molecule has 1 amide bonds. The van der Waals surface area contributed by atoms with Crippen LogP contribution in [0.3, 0.4) is 0 Å². The van der Waals surface area contributed by atoms with Crippen molar-refractivity contribution in [1.82, 2.24) is 15.5 Å². The van der Waals surface area contributed by atoms with E-state index in [1.165, 1.54) is 12.1 Å². The molecule has 0 bridgehead atoms. The van der Waals surface area contributed by atoms with Crippen LogP contribution in [0.2, 0.25) is 0 Å². The third-order valence-corrected chi connectivity index (χ3v) is 2.67. The molecule has 0 aromatic heterocycles. The molecule has 0 saturated carbocycles. The van der Waals surface area contributed by atoms with Gasteiger partial charge < -0.3 is 15.5 Å². The van der Waals surface area contributed by atoms with Gasteiger partial charge >= 0.3 is 0 Å². The third kappa shape index (κ3) is 7.54. The van der Waals surface area contributed by atoms with Gasteiger partial charge in [-0.05, 0) is 44.8 Å². The Morgan fingerprint density at radius 1 is 1.21 bits per heavy atom. The number of nitrogens with zero attached hydrogens (tertiary/aromatic N) is 1. The molecule has 1 rings (SSSR count). The monoisotopic (exact) mass is 267 g/mol. The summed E-state index contributed by atoms with van der Waals surface area (Å²) in [7, 11) is 3.93. The summed E-state index contributed by atoms with van der Waals surface area (Å²) in [5, 5.41) is 5.89. The highest BCUT2D eigenvalue weighted by molar-refractivity contribution is 5.77. The Morgan fingerprint density at radius 2 is 1.89 bits per heavy atom. The van der Waals surface area contributed by atoms with Crippen molar-refractivity contribution < 1.29 is 9.18 Å². The number of carbonyl (C=O) groups is 1. The van der Waals surface area contributed by atoms with Crippen LogP contribution in [0.1, 0.15) is 5.56 Å². The first kappa shape index (κ1) is 15.6. The predicted octanol–water partition coefficient (Wildman–Crippen LogP) is 0.636. The average molecular weight is 267 g/mol. The van der Waals surface area contributed by atoms with Gasteiger partial charge in [0.15, 0.2) is 0 Å². The quantitative estimate of drug-likeness (QED) is 0.679. The molecular weight excluding hydrogens is 245 g/mol. The van der Waals surface area contributed by atoms with Crippen LogP contribution in [0.15, 0.2) is 24.3 Å². The molecule has 5 heteroatoms. The molecule has 106 valence electrons. The molecule has 1 aromatic carbocycles. The van der Waals surface area contributed by atoms with Gasteiger partial charge in [-0.15, -0.1) is 0 Å². The zero-order valence-electron chi connectivity index (χ0n) is 11.6. The molecule has 0 aliphatic heterocycles. The van der Waals surface area contributed by atoms with Crippen molar-refractivity contribution in [2.24, 2.45) is 0 Å². The van der Waals surface area contributed by atoms with Crippen LogP contribution in [0.4, 0.5) is 4.39 Å². The Bertz CT molecular complexity index is 379. The fourth-order valence-electron chi connectivity index (χ4n) is 1.57. The van der Waals surface area contributed by atoms with Crippen molar-refractivity contribution >= 4 is 5.91 Å². The van der Waals surface area contributed by atoms with E-state index in [2.05, 4.69) is 10.6 Å². The first-order valence-corrected chi connectivity index (χ1v) is 6.44. The fourth-order valence-corrected chi connectivity index (χ4v) is 1.57. The topological polar surface area (TPSA) is 44.4 Å². The molecule has 19 heavy (non-hydrogen) atoms. The highest BCUT2D eigenvalue weighted by Crippen LogP contribution is 2.02. The van der Waals surface area contributed by atoms with Crippen LogP contribution in [-0.2, 0) is 11.2 Å². The number of nitrogens with one attached hydrogen (secondary N) is 2. The van der Waals surface area contributed by atoms with Crippen LogP contribution < -0.4 is 10.6 Å². The molecule has 0 unspecified atom stereocenters. The normalized spacial score (nSPS) is 10.7. The minimum atomic E-state index is -0.225. The van der Waals surface area contributed by atoms with E-state index in [9.17, 15) is 9.18 Å². The summed E-state index contributed by atoms with van der Waals surface area (Å²) in [4.78, 5) is 13.5. The Hall–Kier alpha value is -1.46. The first-order valence-electron chi connectivity index (χ1n) is 6.44.